The summed E-state index contributed by atoms with van der Waals surface area (Å²) in [6, 6.07) is 0. The van der Waals surface area contributed by atoms with Crippen molar-refractivity contribution >= 4 is 5.91 Å². The summed E-state index contributed by atoms with van der Waals surface area (Å²) >= 11 is 0. The molecule has 1 unspecified atom stereocenters. The van der Waals surface area contributed by atoms with Crippen molar-refractivity contribution in [3.8, 4) is 0 Å². The average molecular weight is 290 g/mol. The first-order valence-corrected chi connectivity index (χ1v) is 7.59. The van der Waals surface area contributed by atoms with Crippen LogP contribution in [0.5, 0.6) is 0 Å². The Kier molecular flexibility index (Phi) is 3.80. The fourth-order valence-electron chi connectivity index (χ4n) is 2.99. The van der Waals surface area contributed by atoms with E-state index in [-0.39, 0.29) is 5.91 Å². The molecule has 0 aromatic carbocycles. The number of hydrogen-bond acceptors (Lipinski definition) is 4. The van der Waals surface area contributed by atoms with Gasteiger partial charge in [0.2, 0.25) is 5.91 Å². The van der Waals surface area contributed by atoms with E-state index in [1.165, 1.54) is 18.4 Å². The molecule has 1 aliphatic heterocycles. The maximum absolute atomic E-state index is 12.3. The van der Waals surface area contributed by atoms with E-state index in [1.54, 1.807) is 28.1 Å². The molecule has 3 rings (SSSR count). The van der Waals surface area contributed by atoms with Crippen LogP contribution in [-0.4, -0.2) is 49.6 Å². The molecule has 0 radical (unpaired) electrons. The van der Waals surface area contributed by atoms with Gasteiger partial charge in [-0.15, -0.1) is 5.10 Å². The number of aromatic nitrogens is 3. The summed E-state index contributed by atoms with van der Waals surface area (Å²) in [5.41, 5.74) is 0.258. The van der Waals surface area contributed by atoms with Crippen molar-refractivity contribution < 1.29 is 9.90 Å². The quantitative estimate of drug-likeness (QED) is 0.839. The minimum atomic E-state index is -0.914. The van der Waals surface area contributed by atoms with Gasteiger partial charge in [0.1, 0.15) is 5.60 Å². The monoisotopic (exact) mass is 290 g/mol. The Morgan fingerprint density at radius 1 is 1.52 bits per heavy atom. The molecule has 0 bridgehead atoms. The molecule has 1 aromatic rings. The first-order chi connectivity index (χ1) is 10.1. The number of hydrogen-bond donors (Lipinski definition) is 1. The number of amides is 1. The fraction of sp³-hybridized carbons (Fsp3) is 0.667. The van der Waals surface area contributed by atoms with E-state index in [2.05, 4.69) is 10.3 Å². The van der Waals surface area contributed by atoms with Crippen molar-refractivity contribution in [3.05, 3.63) is 24.0 Å². The van der Waals surface area contributed by atoms with Crippen LogP contribution < -0.4 is 0 Å². The number of allylic oxidation sites excluding steroid dienone is 1. The lowest BCUT2D eigenvalue weighted by atomic mass is 9.92. The second-order valence-electron chi connectivity index (χ2n) is 6.35. The van der Waals surface area contributed by atoms with Gasteiger partial charge in [-0.2, -0.15) is 0 Å². The van der Waals surface area contributed by atoms with E-state index in [0.29, 0.717) is 32.0 Å². The summed E-state index contributed by atoms with van der Waals surface area (Å²) in [6.45, 7) is 3.48. The van der Waals surface area contributed by atoms with E-state index in [9.17, 15) is 9.90 Å². The third-order valence-corrected chi connectivity index (χ3v) is 4.37. The Hall–Kier alpha value is -1.69. The Balaban J connectivity index is 1.64. The number of rotatable bonds is 4. The van der Waals surface area contributed by atoms with Crippen LogP contribution >= 0.6 is 0 Å². The van der Waals surface area contributed by atoms with Gasteiger partial charge in [-0.05, 0) is 38.5 Å². The van der Waals surface area contributed by atoms with Gasteiger partial charge in [0.15, 0.2) is 0 Å². The minimum Gasteiger partial charge on any atom is -0.386 e. The Morgan fingerprint density at radius 2 is 2.33 bits per heavy atom. The zero-order valence-corrected chi connectivity index (χ0v) is 12.4. The highest BCUT2D eigenvalue weighted by Crippen LogP contribution is 2.36. The zero-order valence-electron chi connectivity index (χ0n) is 12.4. The number of carbonyl (C=O) groups excluding carboxylic acids is 1. The van der Waals surface area contributed by atoms with Crippen LogP contribution in [0, 0.1) is 5.92 Å². The van der Waals surface area contributed by atoms with Gasteiger partial charge in [0.05, 0.1) is 19.3 Å². The molecule has 2 heterocycles. The molecule has 0 spiro atoms. The number of nitrogens with zero attached hydrogens (tertiary/aromatic N) is 4. The number of carbonyl (C=O) groups is 1. The topological polar surface area (TPSA) is 71.2 Å². The Bertz CT molecular complexity index is 536. The molecule has 1 saturated heterocycles. The molecule has 1 saturated carbocycles. The highest BCUT2D eigenvalue weighted by atomic mass is 16.3. The lowest BCUT2D eigenvalue weighted by Crippen LogP contribution is -2.52. The van der Waals surface area contributed by atoms with Crippen LogP contribution in [0.4, 0.5) is 0 Å². The van der Waals surface area contributed by atoms with Gasteiger partial charge in [-0.25, -0.2) is 4.68 Å². The molecule has 1 amide bonds. The molecule has 114 valence electrons. The predicted molar refractivity (Wildman–Crippen MR) is 77.3 cm³/mol. The highest BCUT2D eigenvalue weighted by Gasteiger charge is 2.35. The summed E-state index contributed by atoms with van der Waals surface area (Å²) in [7, 11) is 0. The summed E-state index contributed by atoms with van der Waals surface area (Å²) in [5.74, 6) is 0.629. The predicted octanol–water partition coefficient (Wildman–Crippen LogP) is 0.988. The highest BCUT2D eigenvalue weighted by molar-refractivity contribution is 5.88. The maximum atomic E-state index is 12.3. The molecular weight excluding hydrogens is 268 g/mol. The van der Waals surface area contributed by atoms with E-state index < -0.39 is 5.60 Å². The second kappa shape index (κ2) is 5.60. The van der Waals surface area contributed by atoms with E-state index in [0.717, 1.165) is 6.42 Å². The Morgan fingerprint density at radius 3 is 3.00 bits per heavy atom. The van der Waals surface area contributed by atoms with Crippen LogP contribution in [0.3, 0.4) is 0 Å². The molecule has 6 nitrogen and oxygen atoms in total. The molecule has 6 heteroatoms. The van der Waals surface area contributed by atoms with Crippen LogP contribution in [0.25, 0.3) is 0 Å². The zero-order chi connectivity index (χ0) is 14.9. The summed E-state index contributed by atoms with van der Waals surface area (Å²) in [6.07, 6.45) is 8.97. The lowest BCUT2D eigenvalue weighted by Gasteiger charge is -2.38. The van der Waals surface area contributed by atoms with Gasteiger partial charge in [-0.3, -0.25) is 4.79 Å². The van der Waals surface area contributed by atoms with Crippen molar-refractivity contribution in [2.24, 2.45) is 5.92 Å². The fourth-order valence-corrected chi connectivity index (χ4v) is 2.99. The van der Waals surface area contributed by atoms with Gasteiger partial charge in [-0.1, -0.05) is 10.8 Å². The summed E-state index contributed by atoms with van der Waals surface area (Å²) < 4.78 is 1.62. The van der Waals surface area contributed by atoms with Gasteiger partial charge in [0.25, 0.3) is 0 Å². The SMILES string of the molecule is C/C(=C\C(=O)N1CCCC(O)(Cn2ccnn2)C1)C1CC1. The summed E-state index contributed by atoms with van der Waals surface area (Å²) in [5, 5.41) is 18.4. The average Bonchev–Trinajstić information content (AvgIpc) is 3.18. The Labute approximate surface area is 124 Å². The second-order valence-corrected chi connectivity index (χ2v) is 6.35. The molecule has 1 atom stereocenters. The van der Waals surface area contributed by atoms with Crippen LogP contribution in [0.2, 0.25) is 0 Å². The first-order valence-electron chi connectivity index (χ1n) is 7.59. The maximum Gasteiger partial charge on any atom is 0.246 e. The standard InChI is InChI=1S/C15H22N4O2/c1-12(13-3-4-13)9-14(20)18-7-2-5-15(21,10-18)11-19-8-6-16-17-19/h6,8-9,13,21H,2-5,7,10-11H2,1H3/b12-9+. The van der Waals surface area contributed by atoms with Gasteiger partial charge in [0, 0.05) is 18.8 Å². The first kappa shape index (κ1) is 14.3. The normalized spacial score (nSPS) is 27.0. The van der Waals surface area contributed by atoms with Crippen molar-refractivity contribution in [2.45, 2.75) is 44.8 Å². The van der Waals surface area contributed by atoms with E-state index in [4.69, 9.17) is 0 Å². The van der Waals surface area contributed by atoms with Crippen LogP contribution in [-0.2, 0) is 11.3 Å². The van der Waals surface area contributed by atoms with E-state index in [1.807, 2.05) is 6.92 Å². The third kappa shape index (κ3) is 3.50. The molecule has 2 aliphatic rings. The van der Waals surface area contributed by atoms with Crippen molar-refractivity contribution in [1.82, 2.24) is 19.9 Å². The van der Waals surface area contributed by atoms with Gasteiger partial charge >= 0.3 is 0 Å². The summed E-state index contributed by atoms with van der Waals surface area (Å²) in [4.78, 5) is 14.1. The molecule has 1 aliphatic carbocycles. The molecular formula is C15H22N4O2. The number of aliphatic hydroxyl groups is 1. The molecule has 1 aromatic heterocycles. The van der Waals surface area contributed by atoms with E-state index >= 15 is 0 Å². The third-order valence-electron chi connectivity index (χ3n) is 4.37. The van der Waals surface area contributed by atoms with Crippen molar-refractivity contribution in [1.29, 1.82) is 0 Å². The van der Waals surface area contributed by atoms with Crippen LogP contribution in [0.15, 0.2) is 24.0 Å². The number of piperidine rings is 1. The molecule has 2 fully saturated rings. The lowest BCUT2D eigenvalue weighted by molar-refractivity contribution is -0.134. The largest absolute Gasteiger partial charge is 0.386 e. The van der Waals surface area contributed by atoms with Crippen molar-refractivity contribution in [3.63, 3.8) is 0 Å². The minimum absolute atomic E-state index is 0.0242. The van der Waals surface area contributed by atoms with Crippen molar-refractivity contribution in [2.75, 3.05) is 13.1 Å². The smallest absolute Gasteiger partial charge is 0.246 e. The van der Waals surface area contributed by atoms with Gasteiger partial charge < -0.3 is 10.0 Å². The number of likely N-dealkylation sites (tertiary alicyclic amines) is 1. The number of β-amino-alcohol motifs (C(OH)–C–C–N with tert-alkyl or cyclic N) is 1. The molecule has 21 heavy (non-hydrogen) atoms. The molecule has 1 N–H and O–H groups in total. The van der Waals surface area contributed by atoms with Crippen LogP contribution in [0.1, 0.15) is 32.6 Å².